The van der Waals surface area contributed by atoms with Crippen LogP contribution in [0.15, 0.2) is 54.6 Å². The zero-order valence-corrected chi connectivity index (χ0v) is 17.1. The lowest BCUT2D eigenvalue weighted by molar-refractivity contribution is -0.137. The van der Waals surface area contributed by atoms with Crippen molar-refractivity contribution in [2.45, 2.75) is 27.2 Å². The van der Waals surface area contributed by atoms with Crippen molar-refractivity contribution in [3.05, 3.63) is 71.3 Å². The number of nitrogens with one attached hydrogen (secondary N) is 1. The topological polar surface area (TPSA) is 86.7 Å². The largest absolute Gasteiger partial charge is 0.480 e. The molecule has 0 atom stereocenters. The van der Waals surface area contributed by atoms with Crippen molar-refractivity contribution < 1.29 is 19.5 Å². The Balaban J connectivity index is 2.06. The van der Waals surface area contributed by atoms with Crippen molar-refractivity contribution >= 4 is 17.8 Å². The predicted octanol–water partition coefficient (Wildman–Crippen LogP) is 3.23. The van der Waals surface area contributed by atoms with Crippen molar-refractivity contribution in [2.24, 2.45) is 5.41 Å². The molecule has 29 heavy (non-hydrogen) atoms. The second-order valence-electron chi connectivity index (χ2n) is 8.18. The van der Waals surface area contributed by atoms with E-state index in [0.717, 1.165) is 5.56 Å². The number of carbonyl (C=O) groups is 3. The molecule has 0 spiro atoms. The molecule has 154 valence electrons. The summed E-state index contributed by atoms with van der Waals surface area (Å²) in [6.45, 7) is 6.55. The molecular weight excluding hydrogens is 368 g/mol. The Morgan fingerprint density at radius 2 is 1.52 bits per heavy atom. The molecule has 0 saturated carbocycles. The SMILES string of the molecule is CC(C)(C)CNC(=O)c1ccc(C(=O)N(CCc2ccccc2)CC(=O)O)cc1. The van der Waals surface area contributed by atoms with Gasteiger partial charge in [-0.15, -0.1) is 0 Å². The van der Waals surface area contributed by atoms with E-state index in [-0.39, 0.29) is 23.8 Å². The Bertz CT molecular complexity index is 839. The van der Waals surface area contributed by atoms with Gasteiger partial charge in [-0.3, -0.25) is 14.4 Å². The lowest BCUT2D eigenvalue weighted by atomic mass is 9.97. The number of aliphatic carboxylic acids is 1. The van der Waals surface area contributed by atoms with Gasteiger partial charge in [0.25, 0.3) is 11.8 Å². The van der Waals surface area contributed by atoms with Crippen molar-refractivity contribution in [1.29, 1.82) is 0 Å². The summed E-state index contributed by atoms with van der Waals surface area (Å²) in [7, 11) is 0. The average Bonchev–Trinajstić information content (AvgIpc) is 2.69. The zero-order valence-electron chi connectivity index (χ0n) is 17.1. The molecule has 0 saturated heterocycles. The van der Waals surface area contributed by atoms with Gasteiger partial charge in [-0.05, 0) is 41.7 Å². The molecule has 2 N–H and O–H groups in total. The molecule has 2 aromatic carbocycles. The second kappa shape index (κ2) is 9.87. The van der Waals surface area contributed by atoms with E-state index in [1.165, 1.54) is 4.90 Å². The Hall–Kier alpha value is -3.15. The van der Waals surface area contributed by atoms with Crippen LogP contribution in [0.2, 0.25) is 0 Å². The van der Waals surface area contributed by atoms with Crippen LogP contribution < -0.4 is 5.32 Å². The first-order valence-corrected chi connectivity index (χ1v) is 9.59. The fraction of sp³-hybridized carbons (Fsp3) is 0.348. The van der Waals surface area contributed by atoms with Crippen LogP contribution in [0.25, 0.3) is 0 Å². The highest BCUT2D eigenvalue weighted by atomic mass is 16.4. The highest BCUT2D eigenvalue weighted by molar-refractivity contribution is 5.98. The number of carboxylic acids is 1. The maximum Gasteiger partial charge on any atom is 0.323 e. The summed E-state index contributed by atoms with van der Waals surface area (Å²) in [6, 6.07) is 15.9. The van der Waals surface area contributed by atoms with Crippen molar-refractivity contribution in [2.75, 3.05) is 19.6 Å². The molecular formula is C23H28N2O4. The van der Waals surface area contributed by atoms with Gasteiger partial charge in [-0.2, -0.15) is 0 Å². The van der Waals surface area contributed by atoms with Gasteiger partial charge in [0.2, 0.25) is 0 Å². The van der Waals surface area contributed by atoms with Crippen LogP contribution in [0.5, 0.6) is 0 Å². The lowest BCUT2D eigenvalue weighted by Crippen LogP contribution is -2.37. The maximum absolute atomic E-state index is 12.8. The summed E-state index contributed by atoms with van der Waals surface area (Å²) in [5.41, 5.74) is 1.81. The van der Waals surface area contributed by atoms with E-state index in [0.29, 0.717) is 30.6 Å². The highest BCUT2D eigenvalue weighted by Crippen LogP contribution is 2.12. The van der Waals surface area contributed by atoms with Crippen LogP contribution in [0, 0.1) is 5.41 Å². The number of hydrogen-bond acceptors (Lipinski definition) is 3. The van der Waals surface area contributed by atoms with E-state index in [2.05, 4.69) is 5.32 Å². The summed E-state index contributed by atoms with van der Waals surface area (Å²) >= 11 is 0. The van der Waals surface area contributed by atoms with E-state index in [1.54, 1.807) is 24.3 Å². The smallest absolute Gasteiger partial charge is 0.323 e. The molecule has 0 aliphatic heterocycles. The maximum atomic E-state index is 12.8. The van der Waals surface area contributed by atoms with Crippen molar-refractivity contribution in [3.63, 3.8) is 0 Å². The fourth-order valence-electron chi connectivity index (χ4n) is 2.72. The number of hydrogen-bond donors (Lipinski definition) is 2. The van der Waals surface area contributed by atoms with Gasteiger partial charge in [0.05, 0.1) is 0 Å². The van der Waals surface area contributed by atoms with Crippen LogP contribution in [0.4, 0.5) is 0 Å². The molecule has 0 aliphatic rings. The van der Waals surface area contributed by atoms with Gasteiger partial charge in [-0.25, -0.2) is 0 Å². The third-order valence-electron chi connectivity index (χ3n) is 4.30. The predicted molar refractivity (Wildman–Crippen MR) is 112 cm³/mol. The van der Waals surface area contributed by atoms with Gasteiger partial charge in [0.1, 0.15) is 6.54 Å². The van der Waals surface area contributed by atoms with Gasteiger partial charge >= 0.3 is 5.97 Å². The van der Waals surface area contributed by atoms with E-state index >= 15 is 0 Å². The summed E-state index contributed by atoms with van der Waals surface area (Å²) < 4.78 is 0. The Morgan fingerprint density at radius 1 is 0.931 bits per heavy atom. The minimum Gasteiger partial charge on any atom is -0.480 e. The summed E-state index contributed by atoms with van der Waals surface area (Å²) in [5, 5.41) is 12.0. The first-order chi connectivity index (χ1) is 13.7. The molecule has 2 aromatic rings. The fourth-order valence-corrected chi connectivity index (χ4v) is 2.72. The van der Waals surface area contributed by atoms with Crippen molar-refractivity contribution in [1.82, 2.24) is 10.2 Å². The van der Waals surface area contributed by atoms with Crippen molar-refractivity contribution in [3.8, 4) is 0 Å². The van der Waals surface area contributed by atoms with Gasteiger partial charge in [0, 0.05) is 24.2 Å². The van der Waals surface area contributed by atoms with Crippen LogP contribution in [0.1, 0.15) is 47.1 Å². The molecule has 0 bridgehead atoms. The van der Waals surface area contributed by atoms with E-state index in [4.69, 9.17) is 0 Å². The molecule has 0 aliphatic carbocycles. The molecule has 6 nitrogen and oxygen atoms in total. The average molecular weight is 396 g/mol. The highest BCUT2D eigenvalue weighted by Gasteiger charge is 2.19. The Kier molecular flexibility index (Phi) is 7.53. The van der Waals surface area contributed by atoms with E-state index < -0.39 is 5.97 Å². The van der Waals surface area contributed by atoms with Gasteiger partial charge in [0.15, 0.2) is 0 Å². The minimum absolute atomic E-state index is 0.0261. The van der Waals surface area contributed by atoms with Gasteiger partial charge in [-0.1, -0.05) is 51.1 Å². The number of rotatable bonds is 8. The first kappa shape index (κ1) is 22.1. The molecule has 0 aromatic heterocycles. The normalized spacial score (nSPS) is 11.0. The standard InChI is InChI=1S/C23H28N2O4/c1-23(2,3)16-24-21(28)18-9-11-19(12-10-18)22(29)25(15-20(26)27)14-13-17-7-5-4-6-8-17/h4-12H,13-16H2,1-3H3,(H,24,28)(H,26,27). The zero-order chi connectivity index (χ0) is 21.4. The quantitative estimate of drug-likeness (QED) is 0.717. The Labute approximate surface area is 171 Å². The molecule has 0 unspecified atom stereocenters. The number of amides is 2. The van der Waals surface area contributed by atoms with Gasteiger partial charge < -0.3 is 15.3 Å². The summed E-state index contributed by atoms with van der Waals surface area (Å²) in [6.07, 6.45) is 0.563. The lowest BCUT2D eigenvalue weighted by Gasteiger charge is -2.21. The van der Waals surface area contributed by atoms with E-state index in [9.17, 15) is 19.5 Å². The van der Waals surface area contributed by atoms with Crippen LogP contribution in [-0.2, 0) is 11.2 Å². The minimum atomic E-state index is -1.07. The summed E-state index contributed by atoms with van der Waals surface area (Å²) in [4.78, 5) is 37.5. The van der Waals surface area contributed by atoms with E-state index in [1.807, 2.05) is 51.1 Å². The number of nitrogens with zero attached hydrogens (tertiary/aromatic N) is 1. The third-order valence-corrected chi connectivity index (χ3v) is 4.30. The Morgan fingerprint density at radius 3 is 2.07 bits per heavy atom. The second-order valence-corrected chi connectivity index (χ2v) is 8.18. The molecule has 2 amide bonds. The van der Waals surface area contributed by atoms with Crippen LogP contribution in [0.3, 0.4) is 0 Å². The summed E-state index contributed by atoms with van der Waals surface area (Å²) in [5.74, 6) is -1.64. The third kappa shape index (κ3) is 7.41. The monoisotopic (exact) mass is 396 g/mol. The van der Waals surface area contributed by atoms with Crippen LogP contribution in [-0.4, -0.2) is 47.4 Å². The molecule has 6 heteroatoms. The molecule has 0 radical (unpaired) electrons. The molecule has 2 rings (SSSR count). The molecule has 0 heterocycles. The van der Waals surface area contributed by atoms with Crippen LogP contribution >= 0.6 is 0 Å². The first-order valence-electron chi connectivity index (χ1n) is 9.59. The molecule has 0 fully saturated rings. The number of carbonyl (C=O) groups excluding carboxylic acids is 2. The number of benzene rings is 2. The number of carboxylic acid groups (broad SMARTS) is 1.